The van der Waals surface area contributed by atoms with Crippen LogP contribution >= 0.6 is 0 Å². The summed E-state index contributed by atoms with van der Waals surface area (Å²) in [4.78, 5) is 39.4. The third-order valence-electron chi connectivity index (χ3n) is 3.88. The second-order valence-corrected chi connectivity index (χ2v) is 5.30. The van der Waals surface area contributed by atoms with Crippen LogP contribution in [0, 0.1) is 10.1 Å². The summed E-state index contributed by atoms with van der Waals surface area (Å²) >= 11 is 0. The van der Waals surface area contributed by atoms with Crippen LogP contribution in [0.4, 0.5) is 5.69 Å². The SMILES string of the molecule is O=C(O)C1CCCN1C(=O)c1ccc(-n2cncn2)c([N+](=O)[O-])c1. The first-order chi connectivity index (χ1) is 11.5. The van der Waals surface area contributed by atoms with Crippen LogP contribution in [-0.2, 0) is 4.79 Å². The van der Waals surface area contributed by atoms with E-state index in [0.29, 0.717) is 19.4 Å². The van der Waals surface area contributed by atoms with Crippen molar-refractivity contribution in [1.82, 2.24) is 19.7 Å². The molecule has 0 radical (unpaired) electrons. The largest absolute Gasteiger partial charge is 0.480 e. The van der Waals surface area contributed by atoms with E-state index in [4.69, 9.17) is 0 Å². The molecule has 1 amide bonds. The maximum Gasteiger partial charge on any atom is 0.326 e. The van der Waals surface area contributed by atoms with E-state index in [9.17, 15) is 24.8 Å². The summed E-state index contributed by atoms with van der Waals surface area (Å²) in [5, 5.41) is 24.3. The summed E-state index contributed by atoms with van der Waals surface area (Å²) in [6, 6.07) is 3.05. The van der Waals surface area contributed by atoms with Crippen molar-refractivity contribution < 1.29 is 19.6 Å². The molecule has 0 saturated carbocycles. The molecule has 10 heteroatoms. The highest BCUT2D eigenvalue weighted by atomic mass is 16.6. The highest BCUT2D eigenvalue weighted by Crippen LogP contribution is 2.26. The van der Waals surface area contributed by atoms with Crippen LogP contribution in [0.2, 0.25) is 0 Å². The lowest BCUT2D eigenvalue weighted by molar-refractivity contribution is -0.384. The van der Waals surface area contributed by atoms with Crippen molar-refractivity contribution in [2.75, 3.05) is 6.54 Å². The first kappa shape index (κ1) is 15.6. The molecule has 24 heavy (non-hydrogen) atoms. The second-order valence-electron chi connectivity index (χ2n) is 5.30. The summed E-state index contributed by atoms with van der Waals surface area (Å²) in [5.41, 5.74) is -0.0682. The van der Waals surface area contributed by atoms with Crippen LogP contribution in [0.3, 0.4) is 0 Å². The van der Waals surface area contributed by atoms with Gasteiger partial charge in [-0.05, 0) is 25.0 Å². The maximum absolute atomic E-state index is 12.5. The number of amides is 1. The van der Waals surface area contributed by atoms with Gasteiger partial charge in [-0.3, -0.25) is 14.9 Å². The molecule has 1 aliphatic heterocycles. The Kier molecular flexibility index (Phi) is 3.94. The molecule has 1 aliphatic rings. The summed E-state index contributed by atoms with van der Waals surface area (Å²) in [6.45, 7) is 0.314. The standard InChI is InChI=1S/C14H13N5O5/c20-13(17-5-1-2-11(17)14(21)22)9-3-4-10(12(6-9)19(23)24)18-8-15-7-16-18/h3-4,6-8,11H,1-2,5H2,(H,21,22). The third kappa shape index (κ3) is 2.69. The summed E-state index contributed by atoms with van der Waals surface area (Å²) < 4.78 is 1.22. The predicted molar refractivity (Wildman–Crippen MR) is 79.7 cm³/mol. The van der Waals surface area contributed by atoms with Crippen molar-refractivity contribution in [1.29, 1.82) is 0 Å². The molecule has 1 atom stereocenters. The van der Waals surface area contributed by atoms with Crippen LogP contribution in [0.1, 0.15) is 23.2 Å². The number of benzene rings is 1. The summed E-state index contributed by atoms with van der Waals surface area (Å²) in [6.07, 6.45) is 3.51. The van der Waals surface area contributed by atoms with Gasteiger partial charge in [0, 0.05) is 18.2 Å². The van der Waals surface area contributed by atoms with Gasteiger partial charge in [0.15, 0.2) is 0 Å². The van der Waals surface area contributed by atoms with Crippen LogP contribution in [-0.4, -0.2) is 54.2 Å². The molecular formula is C14H13N5O5. The maximum atomic E-state index is 12.5. The molecule has 0 spiro atoms. The Morgan fingerprint density at radius 3 is 2.79 bits per heavy atom. The number of rotatable bonds is 4. The van der Waals surface area contributed by atoms with Crippen molar-refractivity contribution in [2.45, 2.75) is 18.9 Å². The number of carbonyl (C=O) groups is 2. The van der Waals surface area contributed by atoms with E-state index >= 15 is 0 Å². The Balaban J connectivity index is 1.97. The number of nitrogens with zero attached hydrogens (tertiary/aromatic N) is 5. The zero-order chi connectivity index (χ0) is 17.3. The van der Waals surface area contributed by atoms with Crippen molar-refractivity contribution in [3.05, 3.63) is 46.5 Å². The van der Waals surface area contributed by atoms with Gasteiger partial charge in [0.05, 0.1) is 4.92 Å². The molecule has 0 bridgehead atoms. The highest BCUT2D eigenvalue weighted by molar-refractivity contribution is 5.97. The molecule has 124 valence electrons. The smallest absolute Gasteiger partial charge is 0.326 e. The highest BCUT2D eigenvalue weighted by Gasteiger charge is 2.35. The molecule has 1 aromatic carbocycles. The number of nitro benzene ring substituents is 1. The number of carboxylic acid groups (broad SMARTS) is 1. The molecule has 1 N–H and O–H groups in total. The van der Waals surface area contributed by atoms with Gasteiger partial charge in [-0.15, -0.1) is 0 Å². The lowest BCUT2D eigenvalue weighted by Gasteiger charge is -2.21. The molecule has 10 nitrogen and oxygen atoms in total. The van der Waals surface area contributed by atoms with Gasteiger partial charge in [-0.25, -0.2) is 14.5 Å². The molecule has 3 rings (SSSR count). The Morgan fingerprint density at radius 1 is 1.38 bits per heavy atom. The quantitative estimate of drug-likeness (QED) is 0.649. The van der Waals surface area contributed by atoms with E-state index in [-0.39, 0.29) is 16.9 Å². The zero-order valence-electron chi connectivity index (χ0n) is 12.4. The lowest BCUT2D eigenvalue weighted by atomic mass is 10.1. The Hall–Kier alpha value is -3.30. The second kappa shape index (κ2) is 6.07. The molecule has 2 aromatic rings. The number of hydrogen-bond donors (Lipinski definition) is 1. The van der Waals surface area contributed by atoms with Crippen LogP contribution in [0.25, 0.3) is 5.69 Å². The zero-order valence-corrected chi connectivity index (χ0v) is 12.4. The molecule has 1 aromatic heterocycles. The number of aliphatic carboxylic acids is 1. The van der Waals surface area contributed by atoms with Gasteiger partial charge in [-0.1, -0.05) is 0 Å². The molecule has 1 fully saturated rings. The van der Waals surface area contributed by atoms with E-state index in [1.807, 2.05) is 0 Å². The van der Waals surface area contributed by atoms with Gasteiger partial charge >= 0.3 is 5.97 Å². The first-order valence-corrected chi connectivity index (χ1v) is 7.16. The van der Waals surface area contributed by atoms with Crippen LogP contribution < -0.4 is 0 Å². The average molecular weight is 331 g/mol. The van der Waals surface area contributed by atoms with Crippen molar-refractivity contribution in [3.8, 4) is 5.69 Å². The fraction of sp³-hybridized carbons (Fsp3) is 0.286. The van der Waals surface area contributed by atoms with Gasteiger partial charge in [-0.2, -0.15) is 5.10 Å². The number of aromatic nitrogens is 3. The average Bonchev–Trinajstić information content (AvgIpc) is 3.24. The van der Waals surface area contributed by atoms with E-state index in [2.05, 4.69) is 10.1 Å². The fourth-order valence-electron chi connectivity index (χ4n) is 2.76. The van der Waals surface area contributed by atoms with Crippen molar-refractivity contribution in [2.24, 2.45) is 0 Å². The van der Waals surface area contributed by atoms with Gasteiger partial charge in [0.2, 0.25) is 0 Å². The number of carbonyl (C=O) groups excluding carboxylic acids is 1. The normalized spacial score (nSPS) is 17.0. The van der Waals surface area contributed by atoms with E-state index < -0.39 is 22.8 Å². The van der Waals surface area contributed by atoms with Crippen molar-refractivity contribution >= 4 is 17.6 Å². The molecule has 1 unspecified atom stereocenters. The molecule has 2 heterocycles. The van der Waals surface area contributed by atoms with E-state index in [1.165, 1.54) is 34.4 Å². The topological polar surface area (TPSA) is 131 Å². The van der Waals surface area contributed by atoms with Crippen LogP contribution in [0.5, 0.6) is 0 Å². The monoisotopic (exact) mass is 331 g/mol. The Morgan fingerprint density at radius 2 is 2.17 bits per heavy atom. The third-order valence-corrected chi connectivity index (χ3v) is 3.88. The van der Waals surface area contributed by atoms with Crippen LogP contribution in [0.15, 0.2) is 30.9 Å². The van der Waals surface area contributed by atoms with E-state index in [0.717, 1.165) is 6.07 Å². The Labute approximate surface area is 135 Å². The fourth-order valence-corrected chi connectivity index (χ4v) is 2.76. The number of hydrogen-bond acceptors (Lipinski definition) is 6. The predicted octanol–water partition coefficient (Wildman–Crippen LogP) is 0.865. The first-order valence-electron chi connectivity index (χ1n) is 7.16. The molecule has 1 saturated heterocycles. The van der Waals surface area contributed by atoms with Crippen molar-refractivity contribution in [3.63, 3.8) is 0 Å². The van der Waals surface area contributed by atoms with E-state index in [1.54, 1.807) is 0 Å². The van der Waals surface area contributed by atoms with Gasteiger partial charge in [0.25, 0.3) is 11.6 Å². The van der Waals surface area contributed by atoms with Gasteiger partial charge in [0.1, 0.15) is 24.4 Å². The number of likely N-dealkylation sites (tertiary alicyclic amines) is 1. The minimum atomic E-state index is -1.07. The minimum absolute atomic E-state index is 0.0683. The molecule has 0 aliphatic carbocycles. The Bertz CT molecular complexity index is 804. The molecular weight excluding hydrogens is 318 g/mol. The summed E-state index contributed by atoms with van der Waals surface area (Å²) in [5.74, 6) is -1.61. The number of nitro groups is 1. The lowest BCUT2D eigenvalue weighted by Crippen LogP contribution is -2.40. The minimum Gasteiger partial charge on any atom is -0.480 e. The summed E-state index contributed by atoms with van der Waals surface area (Å²) in [7, 11) is 0. The van der Waals surface area contributed by atoms with Gasteiger partial charge < -0.3 is 10.0 Å². The number of carboxylic acids is 1.